The van der Waals surface area contributed by atoms with Crippen LogP contribution in [-0.2, 0) is 28.7 Å². The van der Waals surface area contributed by atoms with Gasteiger partial charge in [0.05, 0.1) is 24.5 Å². The van der Waals surface area contributed by atoms with E-state index in [0.717, 1.165) is 7.11 Å². The van der Waals surface area contributed by atoms with E-state index in [2.05, 4.69) is 11.3 Å². The summed E-state index contributed by atoms with van der Waals surface area (Å²) in [7, 11) is 1.03. The third-order valence-corrected chi connectivity index (χ3v) is 7.14. The van der Waals surface area contributed by atoms with Crippen molar-refractivity contribution in [2.45, 2.75) is 44.0 Å². The molecular weight excluding hydrogens is 380 g/mol. The van der Waals surface area contributed by atoms with Crippen molar-refractivity contribution < 1.29 is 38.9 Å². The molecule has 2 saturated carbocycles. The third-order valence-electron chi connectivity index (χ3n) is 7.14. The minimum absolute atomic E-state index is 0.0586. The molecule has 0 aromatic carbocycles. The van der Waals surface area contributed by atoms with Crippen molar-refractivity contribution in [1.82, 2.24) is 0 Å². The average molecular weight is 404 g/mol. The first kappa shape index (κ1) is 20.0. The van der Waals surface area contributed by atoms with E-state index in [1.807, 2.05) is 0 Å². The first-order valence-electron chi connectivity index (χ1n) is 9.63. The minimum Gasteiger partial charge on any atom is -0.467 e. The number of Topliss-reactive ketones (excluding diaryl/α,β-unsaturated/α-hetero) is 2. The number of esters is 2. The van der Waals surface area contributed by atoms with E-state index in [1.165, 1.54) is 6.92 Å². The fourth-order valence-corrected chi connectivity index (χ4v) is 5.85. The van der Waals surface area contributed by atoms with Crippen LogP contribution in [0, 0.1) is 29.6 Å². The van der Waals surface area contributed by atoms with Gasteiger partial charge in [-0.2, -0.15) is 0 Å². The average Bonchev–Trinajstić information content (AvgIpc) is 2.98. The van der Waals surface area contributed by atoms with E-state index >= 15 is 0 Å². The number of rotatable bonds is 2. The first-order valence-corrected chi connectivity index (χ1v) is 9.63. The lowest BCUT2D eigenvalue weighted by atomic mass is 9.59. The van der Waals surface area contributed by atoms with Crippen molar-refractivity contribution in [2.75, 3.05) is 7.11 Å². The molecule has 0 spiro atoms. The van der Waals surface area contributed by atoms with Gasteiger partial charge in [0.15, 0.2) is 5.78 Å². The monoisotopic (exact) mass is 404 g/mol. The second kappa shape index (κ2) is 6.09. The molecule has 156 valence electrons. The van der Waals surface area contributed by atoms with E-state index in [0.29, 0.717) is 5.57 Å². The molecule has 3 aliphatic carbocycles. The first-order chi connectivity index (χ1) is 13.4. The van der Waals surface area contributed by atoms with Gasteiger partial charge in [-0.1, -0.05) is 18.2 Å². The molecule has 0 radical (unpaired) electrons. The van der Waals surface area contributed by atoms with E-state index in [4.69, 9.17) is 4.74 Å². The molecule has 0 aromatic heterocycles. The lowest BCUT2D eigenvalue weighted by Crippen LogP contribution is -2.63. The van der Waals surface area contributed by atoms with Crippen LogP contribution in [0.2, 0.25) is 0 Å². The molecule has 2 N–H and O–H groups in total. The molecular formula is C21H24O8. The number of carbonyl (C=O) groups excluding carboxylic acids is 4. The molecule has 0 aromatic rings. The van der Waals surface area contributed by atoms with E-state index in [9.17, 15) is 29.4 Å². The van der Waals surface area contributed by atoms with Gasteiger partial charge in [-0.3, -0.25) is 9.59 Å². The van der Waals surface area contributed by atoms with Crippen molar-refractivity contribution in [1.29, 1.82) is 0 Å². The van der Waals surface area contributed by atoms with E-state index < -0.39 is 70.4 Å². The van der Waals surface area contributed by atoms with Gasteiger partial charge in [-0.05, 0) is 25.7 Å². The molecule has 0 unspecified atom stereocenters. The Morgan fingerprint density at radius 1 is 1.28 bits per heavy atom. The zero-order valence-electron chi connectivity index (χ0n) is 16.5. The summed E-state index contributed by atoms with van der Waals surface area (Å²) in [5, 5.41) is 22.2. The normalized spacial score (nSPS) is 45.7. The number of ether oxygens (including phenoxy) is 2. The van der Waals surface area contributed by atoms with Gasteiger partial charge in [0.1, 0.15) is 11.9 Å². The number of aliphatic hydroxyl groups is 2. The maximum absolute atomic E-state index is 13.7. The summed E-state index contributed by atoms with van der Waals surface area (Å²) in [5.41, 5.74) is -3.36. The minimum atomic E-state index is -2.68. The number of hydrogen-bond acceptors (Lipinski definition) is 8. The van der Waals surface area contributed by atoms with Crippen molar-refractivity contribution in [3.63, 3.8) is 0 Å². The SMILES string of the molecule is C=C(C)[C@@H]1CC(=O)[C@@](O)(C(=O)OC)[C@H]2C(=O)[C@@H]3[C@@H]4C(=C[C@@H]12)C(=O)O[C@@H]4C[C@]3(C)O. The van der Waals surface area contributed by atoms with E-state index in [-0.39, 0.29) is 18.4 Å². The molecule has 1 heterocycles. The van der Waals surface area contributed by atoms with E-state index in [1.54, 1.807) is 13.0 Å². The lowest BCUT2D eigenvalue weighted by molar-refractivity contribution is -0.186. The standard InChI is InChI=1S/C21H24O8/c1-8(2)9-6-13(22)21(27,19(25)28-4)15-10(9)5-11-14-12(29-18(11)24)7-20(3,26)16(14)17(15)23/h5,9-10,12,14-16,26-27H,1,6-7H2,2-4H3/t9-,10-,12+,14+,15+,16-,20-,21-/m0/s1. The zero-order chi connectivity index (χ0) is 21.5. The van der Waals surface area contributed by atoms with Gasteiger partial charge in [-0.15, -0.1) is 0 Å². The molecule has 3 fully saturated rings. The lowest BCUT2D eigenvalue weighted by Gasteiger charge is -2.44. The van der Waals surface area contributed by atoms with Gasteiger partial charge in [0.2, 0.25) is 5.60 Å². The van der Waals surface area contributed by atoms with Crippen LogP contribution in [-0.4, -0.2) is 58.1 Å². The Hall–Kier alpha value is -2.32. The zero-order valence-corrected chi connectivity index (χ0v) is 16.5. The maximum Gasteiger partial charge on any atom is 0.346 e. The summed E-state index contributed by atoms with van der Waals surface area (Å²) < 4.78 is 10.1. The van der Waals surface area contributed by atoms with Crippen molar-refractivity contribution >= 4 is 23.5 Å². The maximum atomic E-state index is 13.7. The quantitative estimate of drug-likeness (QED) is 0.377. The summed E-state index contributed by atoms with van der Waals surface area (Å²) in [6, 6.07) is 0. The number of fused-ring (bicyclic) bond motifs is 1. The Labute approximate surface area is 167 Å². The molecule has 8 atom stereocenters. The predicted octanol–water partition coefficient (Wildman–Crippen LogP) is 0.110. The van der Waals surface area contributed by atoms with Crippen LogP contribution >= 0.6 is 0 Å². The van der Waals surface area contributed by atoms with Gasteiger partial charge in [-0.25, -0.2) is 9.59 Å². The van der Waals surface area contributed by atoms with Crippen molar-refractivity contribution in [2.24, 2.45) is 29.6 Å². The summed E-state index contributed by atoms with van der Waals surface area (Å²) in [6.07, 6.45) is 0.728. The number of ketones is 2. The fraction of sp³-hybridized carbons (Fsp3) is 0.619. The molecule has 4 aliphatic rings. The Morgan fingerprint density at radius 3 is 2.52 bits per heavy atom. The van der Waals surface area contributed by atoms with Crippen LogP contribution in [0.1, 0.15) is 26.7 Å². The molecule has 0 amide bonds. The summed E-state index contributed by atoms with van der Waals surface area (Å²) in [5.74, 6) is -7.89. The second-order valence-corrected chi connectivity index (χ2v) is 8.93. The smallest absolute Gasteiger partial charge is 0.346 e. The van der Waals surface area contributed by atoms with Gasteiger partial charge in [0, 0.05) is 24.3 Å². The number of carbonyl (C=O) groups is 4. The summed E-state index contributed by atoms with van der Waals surface area (Å²) >= 11 is 0. The molecule has 0 bridgehead atoms. The summed E-state index contributed by atoms with van der Waals surface area (Å²) in [6.45, 7) is 7.06. The van der Waals surface area contributed by atoms with Crippen LogP contribution in [0.25, 0.3) is 0 Å². The van der Waals surface area contributed by atoms with Gasteiger partial charge < -0.3 is 19.7 Å². The molecule has 1 aliphatic heterocycles. The molecule has 8 heteroatoms. The number of allylic oxidation sites excluding steroid dienone is 2. The Bertz CT molecular complexity index is 883. The largest absolute Gasteiger partial charge is 0.467 e. The Balaban J connectivity index is 1.97. The highest BCUT2D eigenvalue weighted by Gasteiger charge is 2.69. The number of methoxy groups -OCH3 is 1. The Kier molecular flexibility index (Phi) is 4.19. The van der Waals surface area contributed by atoms with Gasteiger partial charge in [0.25, 0.3) is 0 Å². The van der Waals surface area contributed by atoms with Crippen LogP contribution in [0.5, 0.6) is 0 Å². The highest BCUT2D eigenvalue weighted by atomic mass is 16.6. The molecule has 4 rings (SSSR count). The highest BCUT2D eigenvalue weighted by Crippen LogP contribution is 2.57. The van der Waals surface area contributed by atoms with Crippen LogP contribution in [0.15, 0.2) is 23.8 Å². The molecule has 1 saturated heterocycles. The second-order valence-electron chi connectivity index (χ2n) is 8.93. The van der Waals surface area contributed by atoms with Crippen LogP contribution in [0.3, 0.4) is 0 Å². The molecule has 29 heavy (non-hydrogen) atoms. The fourth-order valence-electron chi connectivity index (χ4n) is 5.85. The van der Waals surface area contributed by atoms with Gasteiger partial charge >= 0.3 is 11.9 Å². The summed E-state index contributed by atoms with van der Waals surface area (Å²) in [4.78, 5) is 51.7. The van der Waals surface area contributed by atoms with Crippen molar-refractivity contribution in [3.05, 3.63) is 23.8 Å². The number of hydrogen-bond donors (Lipinski definition) is 2. The van der Waals surface area contributed by atoms with Crippen molar-refractivity contribution in [3.8, 4) is 0 Å². The predicted molar refractivity (Wildman–Crippen MR) is 97.1 cm³/mol. The van der Waals surface area contributed by atoms with Crippen LogP contribution in [0.4, 0.5) is 0 Å². The highest BCUT2D eigenvalue weighted by molar-refractivity contribution is 6.13. The third kappa shape index (κ3) is 2.45. The topological polar surface area (TPSA) is 127 Å². The Morgan fingerprint density at radius 2 is 1.93 bits per heavy atom. The van der Waals surface area contributed by atoms with Crippen LogP contribution < -0.4 is 0 Å². The molecule has 8 nitrogen and oxygen atoms in total.